The molecule has 146 valence electrons. The summed E-state index contributed by atoms with van der Waals surface area (Å²) in [6.07, 6.45) is 7.65. The number of aryl methyl sites for hydroxylation is 1. The van der Waals surface area contributed by atoms with Crippen LogP contribution in [-0.2, 0) is 12.8 Å². The van der Waals surface area contributed by atoms with Crippen molar-refractivity contribution in [1.82, 2.24) is 20.6 Å². The second kappa shape index (κ2) is 7.26. The van der Waals surface area contributed by atoms with Crippen molar-refractivity contribution < 1.29 is 4.79 Å². The first-order valence-electron chi connectivity index (χ1n) is 9.95. The van der Waals surface area contributed by atoms with Gasteiger partial charge in [0, 0.05) is 33.9 Å². The lowest BCUT2D eigenvalue weighted by Crippen LogP contribution is -2.30. The molecule has 3 aromatic rings. The van der Waals surface area contributed by atoms with Gasteiger partial charge in [0.2, 0.25) is 0 Å². The van der Waals surface area contributed by atoms with Gasteiger partial charge in [0.15, 0.2) is 5.69 Å². The second-order valence-electron chi connectivity index (χ2n) is 8.30. The van der Waals surface area contributed by atoms with Gasteiger partial charge in [0.05, 0.1) is 6.21 Å². The van der Waals surface area contributed by atoms with Crippen molar-refractivity contribution >= 4 is 23.0 Å². The van der Waals surface area contributed by atoms with Crippen LogP contribution in [-0.4, -0.2) is 27.3 Å². The summed E-state index contributed by atoms with van der Waals surface area (Å²) in [5.41, 5.74) is 7.50. The minimum Gasteiger partial charge on any atom is -0.361 e. The number of para-hydroxylation sites is 1. The Bertz CT molecular complexity index is 1030. The number of aromatic amines is 2. The number of carbonyl (C=O) groups is 1. The molecule has 0 radical (unpaired) electrons. The van der Waals surface area contributed by atoms with Gasteiger partial charge in [-0.2, -0.15) is 10.2 Å². The van der Waals surface area contributed by atoms with Gasteiger partial charge in [0.1, 0.15) is 0 Å². The van der Waals surface area contributed by atoms with Crippen LogP contribution in [0.1, 0.15) is 60.9 Å². The van der Waals surface area contributed by atoms with E-state index in [4.69, 9.17) is 0 Å². The maximum absolute atomic E-state index is 12.7. The lowest BCUT2D eigenvalue weighted by molar-refractivity contribution is 0.0947. The molecule has 1 aliphatic carbocycles. The highest BCUT2D eigenvalue weighted by molar-refractivity contribution is 6.00. The third-order valence-electron chi connectivity index (χ3n) is 6.37. The first-order valence-corrected chi connectivity index (χ1v) is 9.95. The number of amides is 1. The summed E-state index contributed by atoms with van der Waals surface area (Å²) in [4.78, 5) is 15.9. The summed E-state index contributed by atoms with van der Waals surface area (Å²) in [7, 11) is 0. The van der Waals surface area contributed by atoms with E-state index < -0.39 is 0 Å². The van der Waals surface area contributed by atoms with Gasteiger partial charge >= 0.3 is 0 Å². The molecule has 1 atom stereocenters. The highest BCUT2D eigenvalue weighted by Gasteiger charge is 2.34. The van der Waals surface area contributed by atoms with E-state index in [2.05, 4.69) is 46.5 Å². The van der Waals surface area contributed by atoms with Crippen LogP contribution in [0.5, 0.6) is 0 Å². The summed E-state index contributed by atoms with van der Waals surface area (Å²) < 4.78 is 0. The molecule has 1 aliphatic rings. The topological polar surface area (TPSA) is 85.9 Å². The molecule has 28 heavy (non-hydrogen) atoms. The number of fused-ring (bicyclic) bond motifs is 2. The Kier molecular flexibility index (Phi) is 4.79. The van der Waals surface area contributed by atoms with Crippen molar-refractivity contribution in [2.75, 3.05) is 0 Å². The number of H-pyrrole nitrogens is 2. The van der Waals surface area contributed by atoms with Crippen LogP contribution in [0.15, 0.2) is 35.6 Å². The number of benzene rings is 1. The van der Waals surface area contributed by atoms with Crippen molar-refractivity contribution in [2.45, 2.75) is 46.5 Å². The summed E-state index contributed by atoms with van der Waals surface area (Å²) >= 11 is 0. The fourth-order valence-electron chi connectivity index (χ4n) is 4.05. The Hall–Kier alpha value is -2.89. The Labute approximate surface area is 164 Å². The van der Waals surface area contributed by atoms with Crippen molar-refractivity contribution in [2.24, 2.45) is 16.4 Å². The number of carbonyl (C=O) groups excluding carboxylic acids is 1. The number of aromatic nitrogens is 3. The number of hydrogen-bond donors (Lipinski definition) is 3. The molecule has 0 bridgehead atoms. The zero-order chi connectivity index (χ0) is 19.7. The van der Waals surface area contributed by atoms with Gasteiger partial charge in [-0.3, -0.25) is 9.89 Å². The highest BCUT2D eigenvalue weighted by Crippen LogP contribution is 2.40. The fraction of sp³-hybridized carbons (Fsp3) is 0.409. The van der Waals surface area contributed by atoms with E-state index >= 15 is 0 Å². The van der Waals surface area contributed by atoms with Crippen LogP contribution in [0.4, 0.5) is 0 Å². The first kappa shape index (κ1) is 18.5. The van der Waals surface area contributed by atoms with Crippen molar-refractivity contribution in [1.29, 1.82) is 0 Å². The molecule has 4 rings (SSSR count). The Morgan fingerprint density at radius 3 is 3.04 bits per heavy atom. The van der Waals surface area contributed by atoms with Crippen LogP contribution >= 0.6 is 0 Å². The van der Waals surface area contributed by atoms with E-state index in [-0.39, 0.29) is 11.3 Å². The number of hydrogen-bond acceptors (Lipinski definition) is 3. The maximum Gasteiger partial charge on any atom is 0.292 e. The molecule has 6 heteroatoms. The van der Waals surface area contributed by atoms with Crippen molar-refractivity contribution in [3.8, 4) is 0 Å². The van der Waals surface area contributed by atoms with Crippen molar-refractivity contribution in [3.05, 3.63) is 53.0 Å². The predicted molar refractivity (Wildman–Crippen MR) is 112 cm³/mol. The molecule has 0 fully saturated rings. The molecule has 2 aromatic heterocycles. The second-order valence-corrected chi connectivity index (χ2v) is 8.30. The number of nitrogens with zero attached hydrogens (tertiary/aromatic N) is 2. The quantitative estimate of drug-likeness (QED) is 0.460. The lowest BCUT2D eigenvalue weighted by Gasteiger charge is -2.36. The van der Waals surface area contributed by atoms with E-state index in [1.54, 1.807) is 6.21 Å². The first-order chi connectivity index (χ1) is 13.5. The van der Waals surface area contributed by atoms with Gasteiger partial charge in [-0.1, -0.05) is 45.4 Å². The maximum atomic E-state index is 12.7. The molecular weight excluding hydrogens is 350 g/mol. The number of rotatable bonds is 5. The standard InChI is InChI=1S/C22H27N5O/c1-4-22(2,3)15-9-10-19-17(11-15)20(26-25-19)21(28)27-24-13-14-12-23-18-8-6-5-7-16(14)18/h5-8,12-13,15,23H,4,9-11H2,1-3H3,(H,25,26)(H,27,28). The zero-order valence-corrected chi connectivity index (χ0v) is 16.7. The molecule has 1 aromatic carbocycles. The van der Waals surface area contributed by atoms with Crippen LogP contribution in [0.2, 0.25) is 0 Å². The van der Waals surface area contributed by atoms with Gasteiger partial charge in [0.25, 0.3) is 5.91 Å². The van der Waals surface area contributed by atoms with E-state index in [0.29, 0.717) is 11.6 Å². The van der Waals surface area contributed by atoms with Crippen LogP contribution < -0.4 is 5.43 Å². The van der Waals surface area contributed by atoms with Crippen LogP contribution in [0.3, 0.4) is 0 Å². The summed E-state index contributed by atoms with van der Waals surface area (Å²) in [6.45, 7) is 6.86. The molecule has 0 spiro atoms. The molecule has 1 unspecified atom stereocenters. The molecule has 3 N–H and O–H groups in total. The number of hydrazone groups is 1. The van der Waals surface area contributed by atoms with Gasteiger partial charge < -0.3 is 4.98 Å². The minimum atomic E-state index is -0.261. The van der Waals surface area contributed by atoms with Gasteiger partial charge in [-0.05, 0) is 36.7 Å². The van der Waals surface area contributed by atoms with E-state index in [1.165, 1.54) is 0 Å². The number of nitrogens with one attached hydrogen (secondary N) is 3. The lowest BCUT2D eigenvalue weighted by atomic mass is 9.69. The molecule has 2 heterocycles. The summed E-state index contributed by atoms with van der Waals surface area (Å²) in [5.74, 6) is 0.299. The fourth-order valence-corrected chi connectivity index (χ4v) is 4.05. The smallest absolute Gasteiger partial charge is 0.292 e. The molecular formula is C22H27N5O. The molecule has 0 saturated carbocycles. The molecule has 0 saturated heterocycles. The zero-order valence-electron chi connectivity index (χ0n) is 16.7. The van der Waals surface area contributed by atoms with Crippen molar-refractivity contribution in [3.63, 3.8) is 0 Å². The monoisotopic (exact) mass is 377 g/mol. The average Bonchev–Trinajstić information content (AvgIpc) is 3.32. The largest absolute Gasteiger partial charge is 0.361 e. The molecule has 1 amide bonds. The average molecular weight is 377 g/mol. The third kappa shape index (κ3) is 3.35. The van der Waals surface area contributed by atoms with E-state index in [0.717, 1.165) is 53.4 Å². The Balaban J connectivity index is 1.49. The highest BCUT2D eigenvalue weighted by atomic mass is 16.2. The van der Waals surface area contributed by atoms with E-state index in [1.807, 2.05) is 30.5 Å². The molecule has 6 nitrogen and oxygen atoms in total. The SMILES string of the molecule is CCC(C)(C)C1CCc2[nH]nc(C(=O)NN=Cc3c[nH]c4ccccc34)c2C1. The summed E-state index contributed by atoms with van der Waals surface area (Å²) in [5, 5.41) is 12.6. The predicted octanol–water partition coefficient (Wildman–Crippen LogP) is 4.20. The van der Waals surface area contributed by atoms with Gasteiger partial charge in [-0.25, -0.2) is 5.43 Å². The summed E-state index contributed by atoms with van der Waals surface area (Å²) in [6, 6.07) is 8.00. The Morgan fingerprint density at radius 1 is 1.39 bits per heavy atom. The minimum absolute atomic E-state index is 0.260. The molecule has 0 aliphatic heterocycles. The van der Waals surface area contributed by atoms with Crippen LogP contribution in [0, 0.1) is 11.3 Å². The normalized spacial score (nSPS) is 17.2. The van der Waals surface area contributed by atoms with Crippen LogP contribution in [0.25, 0.3) is 10.9 Å². The van der Waals surface area contributed by atoms with E-state index in [9.17, 15) is 4.79 Å². The Morgan fingerprint density at radius 2 is 2.21 bits per heavy atom. The third-order valence-corrected chi connectivity index (χ3v) is 6.37. The van der Waals surface area contributed by atoms with Gasteiger partial charge in [-0.15, -0.1) is 0 Å².